The van der Waals surface area contributed by atoms with Crippen LogP contribution in [0.1, 0.15) is 26.2 Å². The summed E-state index contributed by atoms with van der Waals surface area (Å²) >= 11 is 0. The minimum absolute atomic E-state index is 0.0633. The molecule has 1 saturated heterocycles. The monoisotopic (exact) mass is 250 g/mol. The number of para-hydroxylation sites is 1. The van der Waals surface area contributed by atoms with Gasteiger partial charge in [-0.25, -0.2) is 4.39 Å². The molecule has 98 valence electrons. The van der Waals surface area contributed by atoms with E-state index in [1.54, 1.807) is 25.2 Å². The van der Waals surface area contributed by atoms with Crippen LogP contribution in [-0.4, -0.2) is 25.0 Å². The van der Waals surface area contributed by atoms with Crippen LogP contribution in [0.3, 0.4) is 0 Å². The maximum absolute atomic E-state index is 13.6. The summed E-state index contributed by atoms with van der Waals surface area (Å²) in [6, 6.07) is 6.51. The van der Waals surface area contributed by atoms with Crippen molar-refractivity contribution in [2.24, 2.45) is 0 Å². The predicted octanol–water partition coefficient (Wildman–Crippen LogP) is 2.32. The van der Waals surface area contributed by atoms with Crippen LogP contribution in [0.2, 0.25) is 0 Å². The number of likely N-dealkylation sites (N-methyl/N-ethyl adjacent to an activating group) is 1. The molecule has 2 rings (SSSR count). The third-order valence-corrected chi connectivity index (χ3v) is 3.46. The number of anilines is 1. The fourth-order valence-corrected chi connectivity index (χ4v) is 2.41. The SMILES string of the molecule is CC1CCCC(C(=O)N(C)c2ccccc2F)N1. The second kappa shape index (κ2) is 5.48. The van der Waals surface area contributed by atoms with Gasteiger partial charge in [0.05, 0.1) is 11.7 Å². The number of rotatable bonds is 2. The van der Waals surface area contributed by atoms with Crippen molar-refractivity contribution in [1.82, 2.24) is 5.32 Å². The molecule has 1 aliphatic rings. The van der Waals surface area contributed by atoms with Crippen LogP contribution in [0.4, 0.5) is 10.1 Å². The van der Waals surface area contributed by atoms with Crippen LogP contribution in [0.5, 0.6) is 0 Å². The Kier molecular flexibility index (Phi) is 3.97. The van der Waals surface area contributed by atoms with Gasteiger partial charge in [0.1, 0.15) is 5.82 Å². The number of nitrogens with zero attached hydrogens (tertiary/aromatic N) is 1. The molecule has 0 aromatic heterocycles. The van der Waals surface area contributed by atoms with Gasteiger partial charge in [-0.2, -0.15) is 0 Å². The average Bonchev–Trinajstić information content (AvgIpc) is 2.37. The van der Waals surface area contributed by atoms with Crippen LogP contribution in [0, 0.1) is 5.82 Å². The van der Waals surface area contributed by atoms with Crippen LogP contribution in [0.25, 0.3) is 0 Å². The van der Waals surface area contributed by atoms with Gasteiger partial charge in [0.2, 0.25) is 5.91 Å². The molecule has 18 heavy (non-hydrogen) atoms. The van der Waals surface area contributed by atoms with Gasteiger partial charge in [-0.05, 0) is 38.3 Å². The highest BCUT2D eigenvalue weighted by Crippen LogP contribution is 2.20. The van der Waals surface area contributed by atoms with E-state index in [1.165, 1.54) is 11.0 Å². The highest BCUT2D eigenvalue weighted by atomic mass is 19.1. The Morgan fingerprint density at radius 1 is 1.39 bits per heavy atom. The summed E-state index contributed by atoms with van der Waals surface area (Å²) in [6.07, 6.45) is 2.95. The van der Waals surface area contributed by atoms with Gasteiger partial charge in [0, 0.05) is 13.1 Å². The first-order chi connectivity index (χ1) is 8.59. The highest BCUT2D eigenvalue weighted by molar-refractivity contribution is 5.96. The first-order valence-corrected chi connectivity index (χ1v) is 6.37. The van der Waals surface area contributed by atoms with Crippen LogP contribution < -0.4 is 10.2 Å². The molecule has 1 heterocycles. The van der Waals surface area contributed by atoms with E-state index < -0.39 is 0 Å². The zero-order valence-corrected chi connectivity index (χ0v) is 10.8. The van der Waals surface area contributed by atoms with Gasteiger partial charge < -0.3 is 10.2 Å². The molecule has 2 unspecified atom stereocenters. The van der Waals surface area contributed by atoms with E-state index in [0.29, 0.717) is 11.7 Å². The van der Waals surface area contributed by atoms with E-state index in [9.17, 15) is 9.18 Å². The summed E-state index contributed by atoms with van der Waals surface area (Å²) in [7, 11) is 1.63. The lowest BCUT2D eigenvalue weighted by atomic mass is 9.98. The summed E-state index contributed by atoms with van der Waals surface area (Å²) in [6.45, 7) is 2.07. The van der Waals surface area contributed by atoms with Crippen LogP contribution in [-0.2, 0) is 4.79 Å². The molecule has 3 nitrogen and oxygen atoms in total. The topological polar surface area (TPSA) is 32.3 Å². The standard InChI is InChI=1S/C14H19FN2O/c1-10-6-5-8-12(16-10)14(18)17(2)13-9-4-3-7-11(13)15/h3-4,7,9-10,12,16H,5-6,8H2,1-2H3. The molecule has 0 spiro atoms. The Morgan fingerprint density at radius 3 is 2.78 bits per heavy atom. The van der Waals surface area contributed by atoms with E-state index in [4.69, 9.17) is 0 Å². The molecule has 1 aliphatic heterocycles. The van der Waals surface area contributed by atoms with Crippen molar-refractivity contribution in [2.75, 3.05) is 11.9 Å². The van der Waals surface area contributed by atoms with Crippen molar-refractivity contribution < 1.29 is 9.18 Å². The van der Waals surface area contributed by atoms with Crippen LogP contribution >= 0.6 is 0 Å². The molecule has 1 fully saturated rings. The summed E-state index contributed by atoms with van der Waals surface area (Å²) in [5.74, 6) is -0.427. The molecule has 0 saturated carbocycles. The van der Waals surface area contributed by atoms with Gasteiger partial charge in [0.15, 0.2) is 0 Å². The maximum Gasteiger partial charge on any atom is 0.243 e. The second-order valence-corrected chi connectivity index (χ2v) is 4.90. The fourth-order valence-electron chi connectivity index (χ4n) is 2.41. The van der Waals surface area contributed by atoms with E-state index in [0.717, 1.165) is 19.3 Å². The minimum Gasteiger partial charge on any atom is -0.311 e. The number of nitrogens with one attached hydrogen (secondary N) is 1. The summed E-state index contributed by atoms with van der Waals surface area (Å²) < 4.78 is 13.6. The lowest BCUT2D eigenvalue weighted by Crippen LogP contribution is -2.50. The molecular weight excluding hydrogens is 231 g/mol. The number of carbonyl (C=O) groups excluding carboxylic acids is 1. The number of piperidine rings is 1. The van der Waals surface area contributed by atoms with Crippen LogP contribution in [0.15, 0.2) is 24.3 Å². The Morgan fingerprint density at radius 2 is 2.11 bits per heavy atom. The second-order valence-electron chi connectivity index (χ2n) is 4.90. The molecule has 1 N–H and O–H groups in total. The third-order valence-electron chi connectivity index (χ3n) is 3.46. The maximum atomic E-state index is 13.6. The van der Waals surface area contributed by atoms with Crippen molar-refractivity contribution in [3.05, 3.63) is 30.1 Å². The number of hydrogen-bond donors (Lipinski definition) is 1. The smallest absolute Gasteiger partial charge is 0.243 e. The van der Waals surface area contributed by atoms with Gasteiger partial charge in [-0.1, -0.05) is 12.1 Å². The molecule has 4 heteroatoms. The average molecular weight is 250 g/mol. The van der Waals surface area contributed by atoms with E-state index in [1.807, 2.05) is 0 Å². The van der Waals surface area contributed by atoms with E-state index in [-0.39, 0.29) is 17.8 Å². The molecule has 1 aromatic rings. The van der Waals surface area contributed by atoms with E-state index >= 15 is 0 Å². The Hall–Kier alpha value is -1.42. The Labute approximate surface area is 107 Å². The van der Waals surface area contributed by atoms with Crippen molar-refractivity contribution in [3.63, 3.8) is 0 Å². The number of carbonyl (C=O) groups is 1. The Bertz CT molecular complexity index is 436. The summed E-state index contributed by atoms with van der Waals surface area (Å²) in [5, 5.41) is 3.27. The normalized spacial score (nSPS) is 23.7. The van der Waals surface area contributed by atoms with Gasteiger partial charge in [-0.3, -0.25) is 4.79 Å². The zero-order chi connectivity index (χ0) is 13.1. The fraction of sp³-hybridized carbons (Fsp3) is 0.500. The number of hydrogen-bond acceptors (Lipinski definition) is 2. The highest BCUT2D eigenvalue weighted by Gasteiger charge is 2.27. The Balaban J connectivity index is 2.11. The quantitative estimate of drug-likeness (QED) is 0.873. The minimum atomic E-state index is -0.364. The molecule has 0 bridgehead atoms. The summed E-state index contributed by atoms with van der Waals surface area (Å²) in [5.41, 5.74) is 0.336. The van der Waals surface area contributed by atoms with Crippen molar-refractivity contribution in [3.8, 4) is 0 Å². The first kappa shape index (κ1) is 13.0. The number of halogens is 1. The molecule has 0 aliphatic carbocycles. The van der Waals surface area contributed by atoms with Gasteiger partial charge >= 0.3 is 0 Å². The van der Waals surface area contributed by atoms with Crippen molar-refractivity contribution in [2.45, 2.75) is 38.3 Å². The molecule has 1 aromatic carbocycles. The predicted molar refractivity (Wildman–Crippen MR) is 70.0 cm³/mol. The molecule has 2 atom stereocenters. The molecular formula is C14H19FN2O. The van der Waals surface area contributed by atoms with E-state index in [2.05, 4.69) is 12.2 Å². The van der Waals surface area contributed by atoms with Gasteiger partial charge in [-0.15, -0.1) is 0 Å². The lowest BCUT2D eigenvalue weighted by molar-refractivity contribution is -0.121. The van der Waals surface area contributed by atoms with Gasteiger partial charge in [0.25, 0.3) is 0 Å². The lowest BCUT2D eigenvalue weighted by Gasteiger charge is -2.31. The number of benzene rings is 1. The largest absolute Gasteiger partial charge is 0.311 e. The molecule has 0 radical (unpaired) electrons. The molecule has 1 amide bonds. The van der Waals surface area contributed by atoms with Crippen molar-refractivity contribution in [1.29, 1.82) is 0 Å². The number of amides is 1. The zero-order valence-electron chi connectivity index (χ0n) is 10.8. The third kappa shape index (κ3) is 2.70. The summed E-state index contributed by atoms with van der Waals surface area (Å²) in [4.78, 5) is 13.7. The first-order valence-electron chi connectivity index (χ1n) is 6.37. The van der Waals surface area contributed by atoms with Crippen molar-refractivity contribution >= 4 is 11.6 Å².